The average Bonchev–Trinajstić information content (AvgIpc) is 2.66. The van der Waals surface area contributed by atoms with Gasteiger partial charge in [-0.2, -0.15) is 18.2 Å². The van der Waals surface area contributed by atoms with Gasteiger partial charge in [0.05, 0.1) is 21.2 Å². The van der Waals surface area contributed by atoms with Crippen LogP contribution in [0, 0.1) is 13.7 Å². The Morgan fingerprint density at radius 1 is 1.24 bits per heavy atom. The SMILES string of the molecule is CNC(=O)N=C(OC)c1cc(Oc2ccc(C(F)(F)F)cc2I)ccc1[N+](=O)[O-]. The number of nitro benzene ring substituents is 1. The van der Waals surface area contributed by atoms with Gasteiger partial charge in [-0.25, -0.2) is 4.79 Å². The maximum absolute atomic E-state index is 12.8. The molecule has 0 bridgehead atoms. The van der Waals surface area contributed by atoms with Crippen LogP contribution in [0.15, 0.2) is 41.4 Å². The molecule has 0 aliphatic rings. The van der Waals surface area contributed by atoms with Crippen molar-refractivity contribution >= 4 is 40.2 Å². The Labute approximate surface area is 176 Å². The second kappa shape index (κ2) is 9.07. The quantitative estimate of drug-likeness (QED) is 0.205. The molecule has 0 radical (unpaired) electrons. The van der Waals surface area contributed by atoms with Gasteiger partial charge in [0.15, 0.2) is 0 Å². The minimum absolute atomic E-state index is 0.0740. The van der Waals surface area contributed by atoms with Crippen LogP contribution in [-0.4, -0.2) is 31.0 Å². The molecular weight excluding hydrogens is 510 g/mol. The summed E-state index contributed by atoms with van der Waals surface area (Å²) in [5.41, 5.74) is -1.37. The number of halogens is 4. The normalized spacial score (nSPS) is 11.7. The number of alkyl halides is 3. The van der Waals surface area contributed by atoms with Gasteiger partial charge in [-0.05, 0) is 46.9 Å². The highest BCUT2D eigenvalue weighted by molar-refractivity contribution is 14.1. The van der Waals surface area contributed by atoms with Crippen LogP contribution in [0.4, 0.5) is 23.7 Å². The maximum atomic E-state index is 12.8. The number of nitro groups is 1. The maximum Gasteiger partial charge on any atom is 0.416 e. The molecule has 2 aromatic rings. The minimum Gasteiger partial charge on any atom is -0.480 e. The van der Waals surface area contributed by atoms with E-state index in [0.717, 1.165) is 24.3 Å². The number of methoxy groups -OCH3 is 1. The number of hydrogen-bond acceptors (Lipinski definition) is 5. The first-order valence-electron chi connectivity index (χ1n) is 7.74. The van der Waals surface area contributed by atoms with Crippen LogP contribution in [0.1, 0.15) is 11.1 Å². The fourth-order valence-electron chi connectivity index (χ4n) is 2.16. The molecule has 0 saturated heterocycles. The molecule has 0 saturated carbocycles. The van der Waals surface area contributed by atoms with Crippen LogP contribution in [0.25, 0.3) is 0 Å². The molecule has 154 valence electrons. The van der Waals surface area contributed by atoms with Crippen LogP contribution in [0.3, 0.4) is 0 Å². The van der Waals surface area contributed by atoms with Gasteiger partial charge < -0.3 is 14.8 Å². The number of rotatable bonds is 4. The zero-order valence-corrected chi connectivity index (χ0v) is 17.1. The third-order valence-corrected chi connectivity index (χ3v) is 4.34. The second-order valence-electron chi connectivity index (χ2n) is 5.36. The summed E-state index contributed by atoms with van der Waals surface area (Å²) in [6.07, 6.45) is -4.50. The number of nitrogens with one attached hydrogen (secondary N) is 1. The lowest BCUT2D eigenvalue weighted by Crippen LogP contribution is -2.17. The highest BCUT2D eigenvalue weighted by Crippen LogP contribution is 2.35. The van der Waals surface area contributed by atoms with E-state index in [2.05, 4.69) is 10.3 Å². The zero-order valence-electron chi connectivity index (χ0n) is 14.9. The van der Waals surface area contributed by atoms with Crippen molar-refractivity contribution in [1.29, 1.82) is 0 Å². The molecule has 2 rings (SSSR count). The Morgan fingerprint density at radius 2 is 1.93 bits per heavy atom. The highest BCUT2D eigenvalue weighted by Gasteiger charge is 2.31. The number of hydrogen-bond donors (Lipinski definition) is 1. The van der Waals surface area contributed by atoms with Crippen molar-refractivity contribution in [3.05, 3.63) is 61.2 Å². The van der Waals surface area contributed by atoms with Crippen molar-refractivity contribution in [2.45, 2.75) is 6.18 Å². The molecular formula is C17H13F3IN3O5. The van der Waals surface area contributed by atoms with Crippen molar-refractivity contribution < 1.29 is 32.4 Å². The molecule has 0 aliphatic heterocycles. The topological polar surface area (TPSA) is 103 Å². The van der Waals surface area contributed by atoms with Crippen molar-refractivity contribution in [2.24, 2.45) is 4.99 Å². The average molecular weight is 523 g/mol. The van der Waals surface area contributed by atoms with E-state index in [4.69, 9.17) is 9.47 Å². The lowest BCUT2D eigenvalue weighted by Gasteiger charge is -2.12. The van der Waals surface area contributed by atoms with Gasteiger partial charge in [0.1, 0.15) is 17.1 Å². The van der Waals surface area contributed by atoms with Crippen LogP contribution in [0.5, 0.6) is 11.5 Å². The van der Waals surface area contributed by atoms with Crippen LogP contribution in [0.2, 0.25) is 0 Å². The second-order valence-corrected chi connectivity index (χ2v) is 6.52. The lowest BCUT2D eigenvalue weighted by molar-refractivity contribution is -0.385. The van der Waals surface area contributed by atoms with Crippen LogP contribution >= 0.6 is 22.6 Å². The van der Waals surface area contributed by atoms with Gasteiger partial charge >= 0.3 is 12.2 Å². The van der Waals surface area contributed by atoms with Crippen molar-refractivity contribution in [3.8, 4) is 11.5 Å². The number of benzene rings is 2. The highest BCUT2D eigenvalue weighted by atomic mass is 127. The van der Waals surface area contributed by atoms with E-state index in [1.165, 1.54) is 26.3 Å². The molecule has 0 fully saturated rings. The fraction of sp³-hybridized carbons (Fsp3) is 0.176. The first kappa shape index (κ1) is 22.4. The zero-order chi connectivity index (χ0) is 21.8. The fourth-order valence-corrected chi connectivity index (χ4v) is 2.79. The summed E-state index contributed by atoms with van der Waals surface area (Å²) >= 11 is 1.69. The Kier molecular flexibility index (Phi) is 7.00. The predicted octanol–water partition coefficient (Wildman–Crippen LogP) is 4.74. The predicted molar refractivity (Wildman–Crippen MR) is 105 cm³/mol. The molecule has 0 unspecified atom stereocenters. The Balaban J connectivity index is 2.47. The first-order chi connectivity index (χ1) is 13.6. The third kappa shape index (κ3) is 5.56. The van der Waals surface area contributed by atoms with Crippen LogP contribution < -0.4 is 10.1 Å². The molecule has 0 heterocycles. The van der Waals surface area contributed by atoms with E-state index in [-0.39, 0.29) is 26.5 Å². The molecule has 29 heavy (non-hydrogen) atoms. The van der Waals surface area contributed by atoms with Gasteiger partial charge in [-0.3, -0.25) is 10.1 Å². The molecule has 0 spiro atoms. The first-order valence-corrected chi connectivity index (χ1v) is 8.82. The molecule has 2 aromatic carbocycles. The van der Waals surface area contributed by atoms with Gasteiger partial charge in [0.25, 0.3) is 5.69 Å². The van der Waals surface area contributed by atoms with E-state index < -0.39 is 28.4 Å². The van der Waals surface area contributed by atoms with E-state index in [1.54, 1.807) is 22.6 Å². The van der Waals surface area contributed by atoms with Gasteiger partial charge in [-0.15, -0.1) is 0 Å². The Hall–Kier alpha value is -2.90. The minimum atomic E-state index is -4.50. The summed E-state index contributed by atoms with van der Waals surface area (Å²) in [5, 5.41) is 13.5. The van der Waals surface area contributed by atoms with E-state index >= 15 is 0 Å². The molecule has 2 amide bonds. The largest absolute Gasteiger partial charge is 0.480 e. The lowest BCUT2D eigenvalue weighted by atomic mass is 10.1. The Morgan fingerprint density at radius 3 is 2.45 bits per heavy atom. The summed E-state index contributed by atoms with van der Waals surface area (Å²) in [6.45, 7) is 0. The van der Waals surface area contributed by atoms with Crippen molar-refractivity contribution in [2.75, 3.05) is 14.2 Å². The van der Waals surface area contributed by atoms with E-state index in [1.807, 2.05) is 0 Å². The number of carbonyl (C=O) groups is 1. The smallest absolute Gasteiger partial charge is 0.416 e. The molecule has 0 aliphatic carbocycles. The molecule has 8 nitrogen and oxygen atoms in total. The number of nitrogens with zero attached hydrogens (tertiary/aromatic N) is 2. The van der Waals surface area contributed by atoms with Crippen molar-refractivity contribution in [1.82, 2.24) is 5.32 Å². The third-order valence-electron chi connectivity index (χ3n) is 3.49. The molecule has 0 aromatic heterocycles. The number of carbonyl (C=O) groups excluding carboxylic acids is 1. The summed E-state index contributed by atoms with van der Waals surface area (Å²) < 4.78 is 49.1. The van der Waals surface area contributed by atoms with E-state index in [9.17, 15) is 28.1 Å². The standard InChI is InChI=1S/C17H13F3IN3O5/c1-22-16(25)23-15(28-2)11-8-10(4-5-13(11)24(26)27)29-14-6-3-9(7-12(14)21)17(18,19)20/h3-8H,1-2H3,(H,22,25). The Bertz CT molecular complexity index is 979. The summed E-state index contributed by atoms with van der Waals surface area (Å²) in [5.74, 6) is -0.144. The number of aliphatic imine (C=N–C) groups is 1. The van der Waals surface area contributed by atoms with Gasteiger partial charge in [-0.1, -0.05) is 0 Å². The summed E-state index contributed by atoms with van der Waals surface area (Å²) in [7, 11) is 2.50. The molecule has 12 heteroatoms. The number of urea groups is 1. The summed E-state index contributed by atoms with van der Waals surface area (Å²) in [4.78, 5) is 25.7. The monoisotopic (exact) mass is 523 g/mol. The number of amides is 2. The van der Waals surface area contributed by atoms with E-state index in [0.29, 0.717) is 0 Å². The van der Waals surface area contributed by atoms with Gasteiger partial charge in [0.2, 0.25) is 5.90 Å². The molecule has 0 atom stereocenters. The summed E-state index contributed by atoms with van der Waals surface area (Å²) in [6, 6.07) is 5.70. The van der Waals surface area contributed by atoms with Crippen LogP contribution in [-0.2, 0) is 10.9 Å². The van der Waals surface area contributed by atoms with Gasteiger partial charge in [0, 0.05) is 19.2 Å². The van der Waals surface area contributed by atoms with Crippen molar-refractivity contribution in [3.63, 3.8) is 0 Å². The number of ether oxygens (including phenoxy) is 2. The molecule has 1 N–H and O–H groups in total.